The van der Waals surface area contributed by atoms with Crippen molar-refractivity contribution in [1.29, 1.82) is 0 Å². The molecule has 74 valence electrons. The molecule has 1 unspecified atom stereocenters. The highest BCUT2D eigenvalue weighted by molar-refractivity contribution is 5.22. The van der Waals surface area contributed by atoms with E-state index in [1.165, 1.54) is 6.42 Å². The molecule has 2 fully saturated rings. The van der Waals surface area contributed by atoms with Gasteiger partial charge in [0.15, 0.2) is 0 Å². The molecule has 1 heterocycles. The van der Waals surface area contributed by atoms with Crippen LogP contribution in [-0.2, 0) is 0 Å². The molecule has 1 saturated carbocycles. The van der Waals surface area contributed by atoms with Crippen LogP contribution in [0.15, 0.2) is 11.1 Å². The van der Waals surface area contributed by atoms with Crippen LogP contribution in [-0.4, -0.2) is 25.7 Å². The van der Waals surface area contributed by atoms with Crippen molar-refractivity contribution in [3.8, 4) is 0 Å². The SMILES string of the molecule is CC(CNC1CC1(C)C)=C1CNC1. The van der Waals surface area contributed by atoms with Crippen LogP contribution in [0.4, 0.5) is 0 Å². The summed E-state index contributed by atoms with van der Waals surface area (Å²) in [5, 5.41) is 6.89. The average Bonchev–Trinajstić information content (AvgIpc) is 2.51. The lowest BCUT2D eigenvalue weighted by molar-refractivity contribution is 0.552. The predicted molar refractivity (Wildman–Crippen MR) is 55.8 cm³/mol. The Hall–Kier alpha value is -0.340. The molecule has 0 radical (unpaired) electrons. The van der Waals surface area contributed by atoms with Crippen LogP contribution < -0.4 is 10.6 Å². The number of rotatable bonds is 3. The van der Waals surface area contributed by atoms with E-state index in [1.54, 1.807) is 11.1 Å². The summed E-state index contributed by atoms with van der Waals surface area (Å²) in [6.45, 7) is 10.2. The summed E-state index contributed by atoms with van der Waals surface area (Å²) in [5.74, 6) is 0. The van der Waals surface area contributed by atoms with Gasteiger partial charge in [-0.15, -0.1) is 0 Å². The van der Waals surface area contributed by atoms with Crippen molar-refractivity contribution in [2.45, 2.75) is 33.2 Å². The third-order valence-electron chi connectivity index (χ3n) is 3.41. The fourth-order valence-electron chi connectivity index (χ4n) is 1.77. The van der Waals surface area contributed by atoms with Gasteiger partial charge in [-0.25, -0.2) is 0 Å². The van der Waals surface area contributed by atoms with Crippen molar-refractivity contribution in [3.63, 3.8) is 0 Å². The summed E-state index contributed by atoms with van der Waals surface area (Å²) >= 11 is 0. The third-order valence-corrected chi connectivity index (χ3v) is 3.41. The standard InChI is InChI=1S/C11H20N2/c1-8(9-6-12-7-9)5-13-10-4-11(10,2)3/h10,12-13H,4-7H2,1-3H3. The normalized spacial score (nSPS) is 29.8. The number of hydrogen-bond donors (Lipinski definition) is 2. The van der Waals surface area contributed by atoms with E-state index in [2.05, 4.69) is 31.4 Å². The molecular formula is C11H20N2. The molecule has 2 N–H and O–H groups in total. The molecule has 1 aliphatic heterocycles. The van der Waals surface area contributed by atoms with Gasteiger partial charge in [-0.3, -0.25) is 0 Å². The van der Waals surface area contributed by atoms with Gasteiger partial charge in [0.25, 0.3) is 0 Å². The molecular weight excluding hydrogens is 160 g/mol. The maximum Gasteiger partial charge on any atom is 0.0183 e. The lowest BCUT2D eigenvalue weighted by Crippen LogP contribution is -2.36. The Bertz CT molecular complexity index is 234. The second kappa shape index (κ2) is 3.10. The minimum Gasteiger partial charge on any atom is -0.310 e. The molecule has 0 bridgehead atoms. The van der Waals surface area contributed by atoms with E-state index in [9.17, 15) is 0 Å². The maximum absolute atomic E-state index is 3.61. The molecule has 0 amide bonds. The van der Waals surface area contributed by atoms with Crippen LogP contribution in [0.1, 0.15) is 27.2 Å². The third kappa shape index (κ3) is 1.94. The van der Waals surface area contributed by atoms with Gasteiger partial charge in [0.1, 0.15) is 0 Å². The van der Waals surface area contributed by atoms with E-state index in [-0.39, 0.29) is 0 Å². The van der Waals surface area contributed by atoms with Gasteiger partial charge in [-0.05, 0) is 24.3 Å². The lowest BCUT2D eigenvalue weighted by Gasteiger charge is -2.22. The largest absolute Gasteiger partial charge is 0.310 e. The molecule has 2 heteroatoms. The maximum atomic E-state index is 3.61. The molecule has 1 aliphatic carbocycles. The second-order valence-electron chi connectivity index (χ2n) is 5.11. The summed E-state index contributed by atoms with van der Waals surface area (Å²) in [7, 11) is 0. The smallest absolute Gasteiger partial charge is 0.0183 e. The van der Waals surface area contributed by atoms with E-state index in [0.29, 0.717) is 5.41 Å². The van der Waals surface area contributed by atoms with Crippen molar-refractivity contribution in [2.24, 2.45) is 5.41 Å². The zero-order valence-electron chi connectivity index (χ0n) is 8.91. The quantitative estimate of drug-likeness (QED) is 0.640. The minimum atomic E-state index is 0.558. The Morgan fingerprint density at radius 2 is 2.15 bits per heavy atom. The molecule has 2 rings (SSSR count). The van der Waals surface area contributed by atoms with Crippen molar-refractivity contribution in [1.82, 2.24) is 10.6 Å². The summed E-state index contributed by atoms with van der Waals surface area (Å²) in [4.78, 5) is 0. The van der Waals surface area contributed by atoms with Crippen LogP contribution >= 0.6 is 0 Å². The highest BCUT2D eigenvalue weighted by atomic mass is 15.0. The van der Waals surface area contributed by atoms with Gasteiger partial charge < -0.3 is 10.6 Å². The van der Waals surface area contributed by atoms with Crippen LogP contribution in [0.25, 0.3) is 0 Å². The van der Waals surface area contributed by atoms with Gasteiger partial charge in [0, 0.05) is 25.7 Å². The summed E-state index contributed by atoms with van der Waals surface area (Å²) in [5.41, 5.74) is 3.70. The van der Waals surface area contributed by atoms with Crippen LogP contribution in [0.5, 0.6) is 0 Å². The minimum absolute atomic E-state index is 0.558. The molecule has 2 aliphatic rings. The monoisotopic (exact) mass is 180 g/mol. The second-order valence-corrected chi connectivity index (χ2v) is 5.11. The van der Waals surface area contributed by atoms with Crippen LogP contribution in [0, 0.1) is 5.41 Å². The fourth-order valence-corrected chi connectivity index (χ4v) is 1.77. The van der Waals surface area contributed by atoms with Gasteiger partial charge in [0.05, 0.1) is 0 Å². The van der Waals surface area contributed by atoms with Gasteiger partial charge >= 0.3 is 0 Å². The van der Waals surface area contributed by atoms with Crippen LogP contribution in [0.3, 0.4) is 0 Å². The van der Waals surface area contributed by atoms with Gasteiger partial charge in [-0.2, -0.15) is 0 Å². The summed E-state index contributed by atoms with van der Waals surface area (Å²) in [6, 6.07) is 0.760. The van der Waals surface area contributed by atoms with E-state index in [1.807, 2.05) is 0 Å². The van der Waals surface area contributed by atoms with Gasteiger partial charge in [-0.1, -0.05) is 19.4 Å². The Kier molecular flexibility index (Phi) is 2.20. The van der Waals surface area contributed by atoms with Crippen molar-refractivity contribution >= 4 is 0 Å². The van der Waals surface area contributed by atoms with Crippen molar-refractivity contribution < 1.29 is 0 Å². The predicted octanol–water partition coefficient (Wildman–Crippen LogP) is 1.29. The average molecular weight is 180 g/mol. The number of hydrogen-bond acceptors (Lipinski definition) is 2. The fraction of sp³-hybridized carbons (Fsp3) is 0.818. The lowest BCUT2D eigenvalue weighted by atomic mass is 10.0. The van der Waals surface area contributed by atoms with Crippen molar-refractivity contribution in [3.05, 3.63) is 11.1 Å². The molecule has 13 heavy (non-hydrogen) atoms. The molecule has 1 saturated heterocycles. The Labute approximate surface area is 80.8 Å². The summed E-state index contributed by atoms with van der Waals surface area (Å²) in [6.07, 6.45) is 1.34. The Balaban J connectivity index is 1.74. The highest BCUT2D eigenvalue weighted by Gasteiger charge is 2.44. The van der Waals surface area contributed by atoms with E-state index >= 15 is 0 Å². The zero-order valence-corrected chi connectivity index (χ0v) is 8.91. The topological polar surface area (TPSA) is 24.1 Å². The van der Waals surface area contributed by atoms with Gasteiger partial charge in [0.2, 0.25) is 0 Å². The van der Waals surface area contributed by atoms with Crippen molar-refractivity contribution in [2.75, 3.05) is 19.6 Å². The summed E-state index contributed by atoms with van der Waals surface area (Å²) < 4.78 is 0. The first-order valence-corrected chi connectivity index (χ1v) is 5.21. The molecule has 0 aromatic rings. The molecule has 0 spiro atoms. The van der Waals surface area contributed by atoms with E-state index in [0.717, 1.165) is 25.7 Å². The Morgan fingerprint density at radius 3 is 2.54 bits per heavy atom. The molecule has 1 atom stereocenters. The molecule has 2 nitrogen and oxygen atoms in total. The highest BCUT2D eigenvalue weighted by Crippen LogP contribution is 2.44. The molecule has 0 aromatic heterocycles. The first kappa shape index (κ1) is 9.22. The first-order chi connectivity index (χ1) is 6.09. The number of nitrogens with one attached hydrogen (secondary N) is 2. The zero-order chi connectivity index (χ0) is 9.47. The van der Waals surface area contributed by atoms with Crippen LogP contribution in [0.2, 0.25) is 0 Å². The Morgan fingerprint density at radius 1 is 1.54 bits per heavy atom. The van der Waals surface area contributed by atoms with E-state index < -0.39 is 0 Å². The van der Waals surface area contributed by atoms with E-state index in [4.69, 9.17) is 0 Å². The first-order valence-electron chi connectivity index (χ1n) is 5.21. The molecule has 0 aromatic carbocycles.